The highest BCUT2D eigenvalue weighted by atomic mass is 16.5. The predicted molar refractivity (Wildman–Crippen MR) is 121 cm³/mol. The van der Waals surface area contributed by atoms with Gasteiger partial charge in [0.15, 0.2) is 0 Å². The van der Waals surface area contributed by atoms with E-state index < -0.39 is 0 Å². The third kappa shape index (κ3) is 14.3. The van der Waals surface area contributed by atoms with E-state index in [1.807, 2.05) is 13.8 Å². The van der Waals surface area contributed by atoms with E-state index in [0.717, 1.165) is 25.7 Å². The van der Waals surface area contributed by atoms with Crippen molar-refractivity contribution in [1.82, 2.24) is 0 Å². The first-order valence-electron chi connectivity index (χ1n) is 11.8. The van der Waals surface area contributed by atoms with Crippen molar-refractivity contribution in [1.29, 1.82) is 0 Å². The van der Waals surface area contributed by atoms with Crippen LogP contribution < -0.4 is 0 Å². The molecule has 4 heteroatoms. The van der Waals surface area contributed by atoms with Gasteiger partial charge in [-0.25, -0.2) is 9.59 Å². The fraction of sp³-hybridized carbons (Fsp3) is 0.840. The maximum atomic E-state index is 12.8. The summed E-state index contributed by atoms with van der Waals surface area (Å²) < 4.78 is 10.8. The third-order valence-corrected chi connectivity index (χ3v) is 4.72. The van der Waals surface area contributed by atoms with Gasteiger partial charge >= 0.3 is 11.9 Å². The zero-order valence-electron chi connectivity index (χ0n) is 20.0. The molecule has 170 valence electrons. The van der Waals surface area contributed by atoms with Gasteiger partial charge in [-0.3, -0.25) is 0 Å². The van der Waals surface area contributed by atoms with Crippen LogP contribution in [0.2, 0.25) is 0 Å². The van der Waals surface area contributed by atoms with Crippen molar-refractivity contribution in [3.8, 4) is 0 Å². The lowest BCUT2D eigenvalue weighted by Gasteiger charge is -2.22. The summed E-state index contributed by atoms with van der Waals surface area (Å²) in [5.74, 6) is -0.702. The second kappa shape index (κ2) is 16.5. The highest BCUT2D eigenvalue weighted by Gasteiger charge is 2.27. The second-order valence-electron chi connectivity index (χ2n) is 9.19. The second-order valence-corrected chi connectivity index (χ2v) is 9.19. The van der Waals surface area contributed by atoms with Crippen LogP contribution in [0.5, 0.6) is 0 Å². The van der Waals surface area contributed by atoms with Crippen LogP contribution in [-0.2, 0) is 19.1 Å². The normalized spacial score (nSPS) is 12.5. The van der Waals surface area contributed by atoms with Gasteiger partial charge in [-0.1, -0.05) is 86.5 Å². The average molecular weight is 411 g/mol. The van der Waals surface area contributed by atoms with E-state index in [-0.39, 0.29) is 17.4 Å². The summed E-state index contributed by atoms with van der Waals surface area (Å²) in [6.07, 6.45) is 12.2. The Hall–Kier alpha value is -1.32. The Kier molecular flexibility index (Phi) is 15.7. The van der Waals surface area contributed by atoms with Gasteiger partial charge < -0.3 is 9.47 Å². The van der Waals surface area contributed by atoms with Crippen LogP contribution in [0, 0.1) is 5.41 Å². The quantitative estimate of drug-likeness (QED) is 0.154. The summed E-state index contributed by atoms with van der Waals surface area (Å²) in [5.41, 5.74) is 0.923. The minimum absolute atomic E-state index is 0.115. The SMILES string of the molecule is CCCCCCCCCC/C(C(=O)OCCC)=C(\CC(C)(C)C)C(=O)OCCC. The van der Waals surface area contributed by atoms with E-state index in [9.17, 15) is 9.59 Å². The maximum absolute atomic E-state index is 12.8. The molecule has 0 heterocycles. The molecule has 0 atom stereocenters. The van der Waals surface area contributed by atoms with Crippen molar-refractivity contribution in [2.24, 2.45) is 5.41 Å². The molecular formula is C25H46O4. The topological polar surface area (TPSA) is 52.6 Å². The molecule has 0 aromatic carbocycles. The lowest BCUT2D eigenvalue weighted by Crippen LogP contribution is -2.21. The van der Waals surface area contributed by atoms with E-state index >= 15 is 0 Å². The monoisotopic (exact) mass is 410 g/mol. The van der Waals surface area contributed by atoms with Gasteiger partial charge in [0.2, 0.25) is 0 Å². The number of rotatable bonds is 16. The molecule has 0 saturated carbocycles. The zero-order valence-corrected chi connectivity index (χ0v) is 20.0. The Morgan fingerprint density at radius 3 is 1.52 bits per heavy atom. The molecule has 0 aliphatic carbocycles. The van der Waals surface area contributed by atoms with Gasteiger partial charge in [-0.05, 0) is 37.5 Å². The van der Waals surface area contributed by atoms with Crippen LogP contribution in [0.25, 0.3) is 0 Å². The van der Waals surface area contributed by atoms with Crippen molar-refractivity contribution >= 4 is 11.9 Å². The van der Waals surface area contributed by atoms with Crippen molar-refractivity contribution < 1.29 is 19.1 Å². The van der Waals surface area contributed by atoms with E-state index in [0.29, 0.717) is 37.2 Å². The summed E-state index contributed by atoms with van der Waals surface area (Å²) in [6, 6.07) is 0. The maximum Gasteiger partial charge on any atom is 0.334 e. The molecule has 0 aromatic heterocycles. The smallest absolute Gasteiger partial charge is 0.334 e. The molecule has 0 saturated heterocycles. The molecule has 0 amide bonds. The number of esters is 2. The molecule has 0 aliphatic rings. The molecule has 0 N–H and O–H groups in total. The molecule has 0 rings (SSSR count). The van der Waals surface area contributed by atoms with Gasteiger partial charge in [0, 0.05) is 11.1 Å². The molecule has 0 unspecified atom stereocenters. The fourth-order valence-electron chi connectivity index (χ4n) is 3.21. The van der Waals surface area contributed by atoms with Crippen LogP contribution >= 0.6 is 0 Å². The van der Waals surface area contributed by atoms with Crippen molar-refractivity contribution in [3.63, 3.8) is 0 Å². The number of hydrogen-bond acceptors (Lipinski definition) is 4. The first kappa shape index (κ1) is 27.7. The Morgan fingerprint density at radius 2 is 1.07 bits per heavy atom. The first-order valence-corrected chi connectivity index (χ1v) is 11.8. The van der Waals surface area contributed by atoms with Gasteiger partial charge in [0.1, 0.15) is 0 Å². The summed E-state index contributed by atoms with van der Waals surface area (Å²) in [5, 5.41) is 0. The molecule has 0 spiro atoms. The summed E-state index contributed by atoms with van der Waals surface area (Å²) in [7, 11) is 0. The van der Waals surface area contributed by atoms with Gasteiger partial charge in [0.05, 0.1) is 13.2 Å². The highest BCUT2D eigenvalue weighted by molar-refractivity contribution is 6.00. The molecule has 0 radical (unpaired) electrons. The van der Waals surface area contributed by atoms with Crippen LogP contribution in [0.1, 0.15) is 119 Å². The summed E-state index contributed by atoms with van der Waals surface area (Å²) >= 11 is 0. The van der Waals surface area contributed by atoms with Gasteiger partial charge in [-0.2, -0.15) is 0 Å². The van der Waals surface area contributed by atoms with E-state index in [1.54, 1.807) is 0 Å². The van der Waals surface area contributed by atoms with Crippen LogP contribution in [-0.4, -0.2) is 25.2 Å². The third-order valence-electron chi connectivity index (χ3n) is 4.72. The summed E-state index contributed by atoms with van der Waals surface area (Å²) in [6.45, 7) is 13.2. The number of carbonyl (C=O) groups is 2. The Labute approximate surface area is 179 Å². The number of unbranched alkanes of at least 4 members (excludes halogenated alkanes) is 7. The van der Waals surface area contributed by atoms with Crippen LogP contribution in [0.4, 0.5) is 0 Å². The fourth-order valence-corrected chi connectivity index (χ4v) is 3.21. The minimum atomic E-state index is -0.357. The van der Waals surface area contributed by atoms with Gasteiger partial charge in [-0.15, -0.1) is 0 Å². The Bertz CT molecular complexity index is 486. The average Bonchev–Trinajstić information content (AvgIpc) is 2.67. The Morgan fingerprint density at radius 1 is 0.621 bits per heavy atom. The largest absolute Gasteiger partial charge is 0.462 e. The molecule has 0 aliphatic heterocycles. The van der Waals surface area contributed by atoms with Gasteiger partial charge in [0.25, 0.3) is 0 Å². The van der Waals surface area contributed by atoms with Crippen molar-refractivity contribution in [2.75, 3.05) is 13.2 Å². The molecule has 0 aromatic rings. The van der Waals surface area contributed by atoms with Crippen LogP contribution in [0.15, 0.2) is 11.1 Å². The standard InChI is InChI=1S/C25H46O4/c1-7-10-11-12-13-14-15-16-17-21(23(26)28-18-8-2)22(20-25(4,5)6)24(27)29-19-9-3/h7-20H2,1-6H3/b22-21-. The van der Waals surface area contributed by atoms with E-state index in [1.165, 1.54) is 38.5 Å². The number of carbonyl (C=O) groups excluding carboxylic acids is 2. The molecular weight excluding hydrogens is 364 g/mol. The van der Waals surface area contributed by atoms with Crippen LogP contribution in [0.3, 0.4) is 0 Å². The Balaban J connectivity index is 5.19. The van der Waals surface area contributed by atoms with E-state index in [4.69, 9.17) is 9.47 Å². The number of hydrogen-bond donors (Lipinski definition) is 0. The molecule has 29 heavy (non-hydrogen) atoms. The lowest BCUT2D eigenvalue weighted by atomic mass is 9.85. The zero-order chi connectivity index (χ0) is 22.1. The first-order chi connectivity index (χ1) is 13.8. The van der Waals surface area contributed by atoms with Crippen molar-refractivity contribution in [3.05, 3.63) is 11.1 Å². The lowest BCUT2D eigenvalue weighted by molar-refractivity contribution is -0.142. The molecule has 0 fully saturated rings. The van der Waals surface area contributed by atoms with Crippen molar-refractivity contribution in [2.45, 2.75) is 119 Å². The molecule has 0 bridgehead atoms. The minimum Gasteiger partial charge on any atom is -0.462 e. The highest BCUT2D eigenvalue weighted by Crippen LogP contribution is 2.29. The van der Waals surface area contributed by atoms with E-state index in [2.05, 4.69) is 27.7 Å². The predicted octanol–water partition coefficient (Wildman–Crippen LogP) is 7.16. The summed E-state index contributed by atoms with van der Waals surface area (Å²) in [4.78, 5) is 25.5. The number of ether oxygens (including phenoxy) is 2. The molecule has 4 nitrogen and oxygen atoms in total.